The summed E-state index contributed by atoms with van der Waals surface area (Å²) in [5.41, 5.74) is 1.48. The number of anilines is 1. The molecule has 4 heterocycles. The maximum absolute atomic E-state index is 13.0. The fourth-order valence-corrected chi connectivity index (χ4v) is 5.38. The van der Waals surface area contributed by atoms with Gasteiger partial charge in [-0.2, -0.15) is 0 Å². The van der Waals surface area contributed by atoms with E-state index in [1.165, 1.54) is 6.26 Å². The molecule has 0 aliphatic carbocycles. The van der Waals surface area contributed by atoms with Gasteiger partial charge in [-0.1, -0.05) is 6.07 Å². The zero-order valence-corrected chi connectivity index (χ0v) is 22.3. The maximum Gasteiger partial charge on any atom is 0.275 e. The Hall–Kier alpha value is -2.70. The van der Waals surface area contributed by atoms with Crippen LogP contribution < -0.4 is 9.64 Å². The van der Waals surface area contributed by atoms with Crippen LogP contribution in [-0.4, -0.2) is 141 Å². The minimum atomic E-state index is -0.350. The molecule has 0 spiro atoms. The SMILES string of the molecule is COc1cccc(N2CCN(C(=O)c3coc(CN4CCN(C[C@@H](O)CN5CCOCC5)CC4)n3)CC2)c1. The van der Waals surface area contributed by atoms with Gasteiger partial charge in [-0.15, -0.1) is 0 Å². The molecule has 208 valence electrons. The summed E-state index contributed by atoms with van der Waals surface area (Å²) in [4.78, 5) is 28.5. The average molecular weight is 529 g/mol. The summed E-state index contributed by atoms with van der Waals surface area (Å²) in [5.74, 6) is 1.33. The van der Waals surface area contributed by atoms with Crippen molar-refractivity contribution in [2.75, 3.05) is 104 Å². The first-order chi connectivity index (χ1) is 18.6. The number of aliphatic hydroxyl groups excluding tert-OH is 1. The van der Waals surface area contributed by atoms with Gasteiger partial charge in [0.15, 0.2) is 5.69 Å². The van der Waals surface area contributed by atoms with Gasteiger partial charge >= 0.3 is 0 Å². The lowest BCUT2D eigenvalue weighted by atomic mass is 10.2. The zero-order valence-electron chi connectivity index (χ0n) is 22.3. The number of oxazole rings is 1. The summed E-state index contributed by atoms with van der Waals surface area (Å²) >= 11 is 0. The van der Waals surface area contributed by atoms with E-state index in [-0.39, 0.29) is 12.0 Å². The Labute approximate surface area is 224 Å². The van der Waals surface area contributed by atoms with E-state index in [4.69, 9.17) is 13.9 Å². The van der Waals surface area contributed by atoms with Gasteiger partial charge < -0.3 is 28.8 Å². The third kappa shape index (κ3) is 7.03. The highest BCUT2D eigenvalue weighted by Gasteiger charge is 2.26. The molecule has 1 atom stereocenters. The number of amides is 1. The number of β-amino-alcohol motifs (C(OH)–C–C–N with tert-alkyl or cyclic N) is 1. The molecule has 3 aliphatic rings. The van der Waals surface area contributed by atoms with Crippen molar-refractivity contribution in [3.05, 3.63) is 42.1 Å². The third-order valence-corrected chi connectivity index (χ3v) is 7.62. The van der Waals surface area contributed by atoms with Gasteiger partial charge in [-0.25, -0.2) is 4.98 Å². The molecule has 38 heavy (non-hydrogen) atoms. The Kier molecular flexibility index (Phi) is 9.13. The van der Waals surface area contributed by atoms with Crippen LogP contribution in [-0.2, 0) is 11.3 Å². The Balaban J connectivity index is 1.03. The van der Waals surface area contributed by atoms with Crippen molar-refractivity contribution in [1.29, 1.82) is 0 Å². The molecule has 0 saturated carbocycles. The van der Waals surface area contributed by atoms with E-state index in [2.05, 4.69) is 30.6 Å². The summed E-state index contributed by atoms with van der Waals surface area (Å²) in [6, 6.07) is 8.01. The topological polar surface area (TPSA) is 98.0 Å². The van der Waals surface area contributed by atoms with E-state index >= 15 is 0 Å². The molecule has 3 aliphatic heterocycles. The van der Waals surface area contributed by atoms with Crippen LogP contribution >= 0.6 is 0 Å². The van der Waals surface area contributed by atoms with Crippen LogP contribution in [0.15, 0.2) is 34.9 Å². The molecule has 11 nitrogen and oxygen atoms in total. The second kappa shape index (κ2) is 12.9. The van der Waals surface area contributed by atoms with Crippen molar-refractivity contribution >= 4 is 11.6 Å². The number of carbonyl (C=O) groups is 1. The van der Waals surface area contributed by atoms with Crippen molar-refractivity contribution in [3.63, 3.8) is 0 Å². The molecule has 1 amide bonds. The van der Waals surface area contributed by atoms with Gasteiger partial charge in [-0.3, -0.25) is 19.5 Å². The summed E-state index contributed by atoms with van der Waals surface area (Å²) in [6.07, 6.45) is 1.14. The Morgan fingerprint density at radius 1 is 0.974 bits per heavy atom. The predicted octanol–water partition coefficient (Wildman–Crippen LogP) is 0.456. The first-order valence-electron chi connectivity index (χ1n) is 13.6. The number of rotatable bonds is 9. The van der Waals surface area contributed by atoms with Crippen LogP contribution in [0.5, 0.6) is 5.75 Å². The monoisotopic (exact) mass is 528 g/mol. The average Bonchev–Trinajstić information content (AvgIpc) is 3.43. The van der Waals surface area contributed by atoms with E-state index in [0.717, 1.165) is 77.0 Å². The Morgan fingerprint density at radius 3 is 2.37 bits per heavy atom. The minimum Gasteiger partial charge on any atom is -0.497 e. The fourth-order valence-electron chi connectivity index (χ4n) is 5.38. The second-order valence-electron chi connectivity index (χ2n) is 10.3. The van der Waals surface area contributed by atoms with Gasteiger partial charge in [-0.05, 0) is 12.1 Å². The summed E-state index contributed by atoms with van der Waals surface area (Å²) in [5, 5.41) is 10.5. The lowest BCUT2D eigenvalue weighted by Gasteiger charge is -2.36. The van der Waals surface area contributed by atoms with E-state index in [0.29, 0.717) is 44.3 Å². The standard InChI is InChI=1S/C27H40N6O5/c1-36-24-4-2-3-22(17-24)32-9-11-33(12-10-32)27(35)25-21-38-26(28-25)20-30-7-5-29(6-8-30)18-23(34)19-31-13-15-37-16-14-31/h2-4,17,21,23,34H,5-16,18-20H2,1H3/t23-/m1/s1. The molecule has 0 radical (unpaired) electrons. The number of methoxy groups -OCH3 is 1. The van der Waals surface area contributed by atoms with Crippen LogP contribution in [0.3, 0.4) is 0 Å². The molecule has 0 unspecified atom stereocenters. The number of hydrogen-bond donors (Lipinski definition) is 1. The summed E-state index contributed by atoms with van der Waals surface area (Å²) in [6.45, 7) is 11.6. The van der Waals surface area contributed by atoms with Crippen molar-refractivity contribution in [2.45, 2.75) is 12.6 Å². The molecule has 5 rings (SSSR count). The predicted molar refractivity (Wildman–Crippen MR) is 143 cm³/mol. The number of ether oxygens (including phenoxy) is 2. The van der Waals surface area contributed by atoms with Crippen LogP contribution in [0.25, 0.3) is 0 Å². The number of benzene rings is 1. The molecule has 2 aromatic rings. The number of carbonyl (C=O) groups excluding carboxylic acids is 1. The van der Waals surface area contributed by atoms with Gasteiger partial charge in [0, 0.05) is 90.3 Å². The van der Waals surface area contributed by atoms with E-state index in [1.807, 2.05) is 23.1 Å². The summed E-state index contributed by atoms with van der Waals surface area (Å²) in [7, 11) is 1.67. The lowest BCUT2D eigenvalue weighted by Crippen LogP contribution is -2.50. The quantitative estimate of drug-likeness (QED) is 0.494. The molecule has 3 fully saturated rings. The van der Waals surface area contributed by atoms with Gasteiger partial charge in [0.2, 0.25) is 5.89 Å². The highest BCUT2D eigenvalue weighted by atomic mass is 16.5. The number of hydrogen-bond acceptors (Lipinski definition) is 10. The first kappa shape index (κ1) is 26.9. The highest BCUT2D eigenvalue weighted by Crippen LogP contribution is 2.22. The Morgan fingerprint density at radius 2 is 1.66 bits per heavy atom. The lowest BCUT2D eigenvalue weighted by molar-refractivity contribution is 0.00187. The fraction of sp³-hybridized carbons (Fsp3) is 0.630. The largest absolute Gasteiger partial charge is 0.497 e. The van der Waals surface area contributed by atoms with Crippen LogP contribution in [0.1, 0.15) is 16.4 Å². The molecular formula is C27H40N6O5. The molecular weight excluding hydrogens is 488 g/mol. The van der Waals surface area contributed by atoms with Crippen molar-refractivity contribution < 1.29 is 23.8 Å². The Bertz CT molecular complexity index is 1030. The van der Waals surface area contributed by atoms with E-state index in [9.17, 15) is 9.90 Å². The molecule has 1 N–H and O–H groups in total. The molecule has 1 aromatic carbocycles. The second-order valence-corrected chi connectivity index (χ2v) is 10.3. The highest BCUT2D eigenvalue weighted by molar-refractivity contribution is 5.92. The molecule has 1 aromatic heterocycles. The van der Waals surface area contributed by atoms with E-state index < -0.39 is 0 Å². The minimum absolute atomic E-state index is 0.0793. The maximum atomic E-state index is 13.0. The number of piperazine rings is 2. The van der Waals surface area contributed by atoms with Gasteiger partial charge in [0.1, 0.15) is 12.0 Å². The molecule has 11 heteroatoms. The number of aromatic nitrogens is 1. The molecule has 3 saturated heterocycles. The number of aliphatic hydroxyl groups is 1. The van der Waals surface area contributed by atoms with Crippen LogP contribution in [0.4, 0.5) is 5.69 Å². The van der Waals surface area contributed by atoms with Crippen molar-refractivity contribution in [2.24, 2.45) is 0 Å². The molecule has 0 bridgehead atoms. The zero-order chi connectivity index (χ0) is 26.3. The van der Waals surface area contributed by atoms with Crippen LogP contribution in [0.2, 0.25) is 0 Å². The third-order valence-electron chi connectivity index (χ3n) is 7.62. The van der Waals surface area contributed by atoms with Crippen LogP contribution in [0, 0.1) is 0 Å². The number of morpholine rings is 1. The van der Waals surface area contributed by atoms with E-state index in [1.54, 1.807) is 7.11 Å². The summed E-state index contributed by atoms with van der Waals surface area (Å²) < 4.78 is 16.4. The van der Waals surface area contributed by atoms with Gasteiger partial charge in [0.25, 0.3) is 5.91 Å². The number of nitrogens with zero attached hydrogens (tertiary/aromatic N) is 6. The first-order valence-corrected chi connectivity index (χ1v) is 13.6. The van der Waals surface area contributed by atoms with Crippen molar-refractivity contribution in [3.8, 4) is 5.75 Å². The van der Waals surface area contributed by atoms with Gasteiger partial charge in [0.05, 0.1) is 33.0 Å². The smallest absolute Gasteiger partial charge is 0.275 e. The normalized spacial score (nSPS) is 21.0. The van der Waals surface area contributed by atoms with Crippen molar-refractivity contribution in [1.82, 2.24) is 24.6 Å².